The summed E-state index contributed by atoms with van der Waals surface area (Å²) in [7, 11) is 0. The Morgan fingerprint density at radius 2 is 1.75 bits per heavy atom. The highest BCUT2D eigenvalue weighted by atomic mass is 16.5. The molecule has 2 heterocycles. The van der Waals surface area contributed by atoms with E-state index in [1.807, 2.05) is 4.90 Å². The molecular weight excluding hydrogens is 308 g/mol. The van der Waals surface area contributed by atoms with Crippen LogP contribution in [-0.4, -0.2) is 59.4 Å². The van der Waals surface area contributed by atoms with Crippen molar-refractivity contribution in [2.24, 2.45) is 0 Å². The van der Waals surface area contributed by atoms with Crippen LogP contribution in [0.3, 0.4) is 0 Å². The number of carbonyl (C=O) groups excluding carboxylic acids is 3. The summed E-state index contributed by atoms with van der Waals surface area (Å²) in [4.78, 5) is 40.5. The van der Waals surface area contributed by atoms with E-state index in [1.54, 1.807) is 24.3 Å². The third kappa shape index (κ3) is 2.41. The summed E-state index contributed by atoms with van der Waals surface area (Å²) in [5.41, 5.74) is 0.764. The van der Waals surface area contributed by atoms with E-state index in [-0.39, 0.29) is 36.4 Å². The highest BCUT2D eigenvalue weighted by Crippen LogP contribution is 2.29. The molecule has 2 unspecified atom stereocenters. The molecule has 0 radical (unpaired) electrons. The molecule has 1 aromatic rings. The zero-order valence-electron chi connectivity index (χ0n) is 13.4. The lowest BCUT2D eigenvalue weighted by molar-refractivity contribution is -0.149. The van der Waals surface area contributed by atoms with Crippen molar-refractivity contribution in [1.29, 1.82) is 0 Å². The lowest BCUT2D eigenvalue weighted by atomic mass is 9.90. The molecule has 3 aliphatic rings. The van der Waals surface area contributed by atoms with Crippen LogP contribution in [0.4, 0.5) is 0 Å². The average molecular weight is 328 g/mol. The molecule has 6 nitrogen and oxygen atoms in total. The minimum absolute atomic E-state index is 0.0789. The van der Waals surface area contributed by atoms with Gasteiger partial charge in [-0.3, -0.25) is 19.3 Å². The smallest absolute Gasteiger partial charge is 0.262 e. The summed E-state index contributed by atoms with van der Waals surface area (Å²) in [6, 6.07) is 6.79. The van der Waals surface area contributed by atoms with Crippen molar-refractivity contribution < 1.29 is 19.1 Å². The van der Waals surface area contributed by atoms with Gasteiger partial charge >= 0.3 is 0 Å². The number of amides is 3. The third-order valence-electron chi connectivity index (χ3n) is 5.22. The fourth-order valence-electron chi connectivity index (χ4n) is 4.01. The standard InChI is InChI=1S/C18H20N2O4/c21-16(19-9-10-24-15-8-4-3-7-14(15)19)11-20-17(22)12-5-1-2-6-13(12)18(20)23/h1-2,5-6,14-15H,3-4,7-11H2. The van der Waals surface area contributed by atoms with Gasteiger partial charge in [-0.1, -0.05) is 25.0 Å². The summed E-state index contributed by atoms with van der Waals surface area (Å²) >= 11 is 0. The molecule has 0 aromatic heterocycles. The molecule has 1 saturated heterocycles. The van der Waals surface area contributed by atoms with Gasteiger partial charge in [0, 0.05) is 6.54 Å². The van der Waals surface area contributed by atoms with Gasteiger partial charge in [-0.05, 0) is 25.0 Å². The molecule has 2 atom stereocenters. The molecular formula is C18H20N2O4. The number of imide groups is 1. The number of hydrogen-bond donors (Lipinski definition) is 0. The maximum Gasteiger partial charge on any atom is 0.262 e. The highest BCUT2D eigenvalue weighted by molar-refractivity contribution is 6.22. The number of morpholine rings is 1. The molecule has 0 bridgehead atoms. The van der Waals surface area contributed by atoms with Crippen LogP contribution < -0.4 is 0 Å². The van der Waals surface area contributed by atoms with Gasteiger partial charge in [0.15, 0.2) is 0 Å². The van der Waals surface area contributed by atoms with E-state index in [0.717, 1.165) is 30.6 Å². The number of fused-ring (bicyclic) bond motifs is 2. The third-order valence-corrected chi connectivity index (χ3v) is 5.22. The first-order chi connectivity index (χ1) is 11.7. The number of carbonyl (C=O) groups is 3. The van der Waals surface area contributed by atoms with Gasteiger partial charge in [-0.15, -0.1) is 0 Å². The minimum Gasteiger partial charge on any atom is -0.374 e. The molecule has 6 heteroatoms. The number of ether oxygens (including phenoxy) is 1. The van der Waals surface area contributed by atoms with Crippen LogP contribution in [0.15, 0.2) is 24.3 Å². The van der Waals surface area contributed by atoms with Crippen molar-refractivity contribution in [1.82, 2.24) is 9.80 Å². The molecule has 3 amide bonds. The van der Waals surface area contributed by atoms with Crippen molar-refractivity contribution in [2.75, 3.05) is 19.7 Å². The zero-order chi connectivity index (χ0) is 16.7. The van der Waals surface area contributed by atoms with Crippen LogP contribution >= 0.6 is 0 Å². The van der Waals surface area contributed by atoms with Gasteiger partial charge in [0.05, 0.1) is 29.9 Å². The summed E-state index contributed by atoms with van der Waals surface area (Å²) in [5.74, 6) is -0.917. The molecule has 0 N–H and O–H groups in total. The van der Waals surface area contributed by atoms with Gasteiger partial charge in [0.25, 0.3) is 11.8 Å². The summed E-state index contributed by atoms with van der Waals surface area (Å²) in [6.45, 7) is 0.869. The molecule has 2 fully saturated rings. The van der Waals surface area contributed by atoms with Gasteiger partial charge in [0.2, 0.25) is 5.91 Å². The largest absolute Gasteiger partial charge is 0.374 e. The van der Waals surface area contributed by atoms with Crippen LogP contribution in [0.25, 0.3) is 0 Å². The summed E-state index contributed by atoms with van der Waals surface area (Å²) in [6.07, 6.45) is 4.21. The van der Waals surface area contributed by atoms with Crippen molar-refractivity contribution in [3.05, 3.63) is 35.4 Å². The van der Waals surface area contributed by atoms with Crippen LogP contribution in [-0.2, 0) is 9.53 Å². The molecule has 24 heavy (non-hydrogen) atoms. The van der Waals surface area contributed by atoms with Gasteiger partial charge in [-0.2, -0.15) is 0 Å². The quantitative estimate of drug-likeness (QED) is 0.771. The first kappa shape index (κ1) is 15.3. The van der Waals surface area contributed by atoms with Gasteiger partial charge in [-0.25, -0.2) is 0 Å². The fourth-order valence-corrected chi connectivity index (χ4v) is 4.01. The number of rotatable bonds is 2. The predicted molar refractivity (Wildman–Crippen MR) is 85.5 cm³/mol. The Labute approximate surface area is 140 Å². The molecule has 0 spiro atoms. The molecule has 1 aromatic carbocycles. The van der Waals surface area contributed by atoms with Gasteiger partial charge in [0.1, 0.15) is 6.54 Å². The predicted octanol–water partition coefficient (Wildman–Crippen LogP) is 1.45. The van der Waals surface area contributed by atoms with Crippen molar-refractivity contribution >= 4 is 17.7 Å². The average Bonchev–Trinajstić information content (AvgIpc) is 2.86. The second-order valence-electron chi connectivity index (χ2n) is 6.59. The van der Waals surface area contributed by atoms with E-state index < -0.39 is 0 Å². The molecule has 1 aliphatic carbocycles. The SMILES string of the molecule is O=C1c2ccccc2C(=O)N1CC(=O)N1CCOC2CCCCC21. The van der Waals surface area contributed by atoms with Crippen molar-refractivity contribution in [3.63, 3.8) is 0 Å². The van der Waals surface area contributed by atoms with Crippen molar-refractivity contribution in [2.45, 2.75) is 37.8 Å². The van der Waals surface area contributed by atoms with Crippen LogP contribution in [0.1, 0.15) is 46.4 Å². The topological polar surface area (TPSA) is 66.9 Å². The molecule has 1 saturated carbocycles. The maximum absolute atomic E-state index is 12.8. The van der Waals surface area contributed by atoms with Crippen LogP contribution in [0.2, 0.25) is 0 Å². The van der Waals surface area contributed by atoms with Crippen molar-refractivity contribution in [3.8, 4) is 0 Å². The highest BCUT2D eigenvalue weighted by Gasteiger charge is 2.40. The lowest BCUT2D eigenvalue weighted by Gasteiger charge is -2.44. The zero-order valence-corrected chi connectivity index (χ0v) is 13.4. The Kier molecular flexibility index (Phi) is 3.84. The first-order valence-electron chi connectivity index (χ1n) is 8.53. The Hall–Kier alpha value is -2.21. The Morgan fingerprint density at radius 1 is 1.08 bits per heavy atom. The number of nitrogens with zero attached hydrogens (tertiary/aromatic N) is 2. The van der Waals surface area contributed by atoms with Crippen LogP contribution in [0.5, 0.6) is 0 Å². The summed E-state index contributed by atoms with van der Waals surface area (Å²) < 4.78 is 5.78. The van der Waals surface area contributed by atoms with E-state index in [2.05, 4.69) is 0 Å². The van der Waals surface area contributed by atoms with E-state index in [1.165, 1.54) is 0 Å². The van der Waals surface area contributed by atoms with E-state index in [9.17, 15) is 14.4 Å². The second-order valence-corrected chi connectivity index (χ2v) is 6.59. The summed E-state index contributed by atoms with van der Waals surface area (Å²) in [5, 5.41) is 0. The Balaban J connectivity index is 1.50. The minimum atomic E-state index is -0.377. The maximum atomic E-state index is 12.8. The molecule has 4 rings (SSSR count). The van der Waals surface area contributed by atoms with E-state index >= 15 is 0 Å². The normalized spacial score (nSPS) is 26.3. The monoisotopic (exact) mass is 328 g/mol. The second kappa shape index (κ2) is 6.02. The van der Waals surface area contributed by atoms with Crippen LogP contribution in [0, 0.1) is 0 Å². The molecule has 126 valence electrons. The first-order valence-corrected chi connectivity index (χ1v) is 8.53. The Morgan fingerprint density at radius 3 is 2.46 bits per heavy atom. The lowest BCUT2D eigenvalue weighted by Crippen LogP contribution is -2.57. The Bertz CT molecular complexity index is 665. The number of hydrogen-bond acceptors (Lipinski definition) is 4. The fraction of sp³-hybridized carbons (Fsp3) is 0.500. The number of benzene rings is 1. The van der Waals surface area contributed by atoms with Gasteiger partial charge < -0.3 is 9.64 Å². The molecule has 2 aliphatic heterocycles. The van der Waals surface area contributed by atoms with E-state index in [0.29, 0.717) is 24.3 Å². The van der Waals surface area contributed by atoms with E-state index in [4.69, 9.17) is 4.74 Å².